The molecule has 2 N–H and O–H groups in total. The maximum Gasteiger partial charge on any atom is 0.115 e. The summed E-state index contributed by atoms with van der Waals surface area (Å²) in [5.41, 5.74) is 1.73. The molecular weight excluding hydrogens is 164 g/mol. The number of fused-ring (bicyclic) bond motifs is 1. The largest absolute Gasteiger partial charge is 0.321 e. The first-order chi connectivity index (χ1) is 6.08. The van der Waals surface area contributed by atoms with E-state index >= 15 is 0 Å². The molecule has 68 valence electrons. The van der Waals surface area contributed by atoms with Crippen LogP contribution in [0.4, 0.5) is 0 Å². The summed E-state index contributed by atoms with van der Waals surface area (Å²) in [4.78, 5) is 1.29. The standard InChI is InChI=1S/C9H12N4/c1-9(2)5-3-7-8(4-6-9)13(10)12-11-7/h3-6H,10H2,1-2H3. The molecule has 0 aromatic carbocycles. The van der Waals surface area contributed by atoms with E-state index in [2.05, 4.69) is 36.3 Å². The molecule has 13 heavy (non-hydrogen) atoms. The van der Waals surface area contributed by atoms with Gasteiger partial charge in [-0.3, -0.25) is 0 Å². The highest BCUT2D eigenvalue weighted by Crippen LogP contribution is 2.25. The van der Waals surface area contributed by atoms with Gasteiger partial charge in [-0.15, -0.1) is 5.10 Å². The van der Waals surface area contributed by atoms with Gasteiger partial charge in [0, 0.05) is 5.41 Å². The van der Waals surface area contributed by atoms with Crippen LogP contribution >= 0.6 is 0 Å². The fourth-order valence-corrected chi connectivity index (χ4v) is 1.24. The first-order valence-electron chi connectivity index (χ1n) is 4.18. The molecule has 0 radical (unpaired) electrons. The van der Waals surface area contributed by atoms with Crippen molar-refractivity contribution in [2.45, 2.75) is 13.8 Å². The van der Waals surface area contributed by atoms with E-state index in [0.29, 0.717) is 0 Å². The van der Waals surface area contributed by atoms with Crippen LogP contribution in [0.15, 0.2) is 12.2 Å². The molecule has 0 unspecified atom stereocenters. The van der Waals surface area contributed by atoms with Crippen LogP contribution in [0.1, 0.15) is 25.2 Å². The summed E-state index contributed by atoms with van der Waals surface area (Å²) in [6, 6.07) is 0. The van der Waals surface area contributed by atoms with Crippen LogP contribution in [0.2, 0.25) is 0 Å². The molecule has 1 aromatic heterocycles. The van der Waals surface area contributed by atoms with Crippen molar-refractivity contribution in [3.05, 3.63) is 23.5 Å². The molecular formula is C9H12N4. The van der Waals surface area contributed by atoms with Crippen molar-refractivity contribution in [1.29, 1.82) is 0 Å². The van der Waals surface area contributed by atoms with Crippen molar-refractivity contribution in [3.8, 4) is 0 Å². The minimum Gasteiger partial charge on any atom is -0.321 e. The van der Waals surface area contributed by atoms with E-state index in [4.69, 9.17) is 5.84 Å². The molecule has 0 amide bonds. The fraction of sp³-hybridized carbons (Fsp3) is 0.333. The molecule has 0 saturated heterocycles. The highest BCUT2D eigenvalue weighted by Gasteiger charge is 2.15. The van der Waals surface area contributed by atoms with Crippen molar-refractivity contribution in [2.24, 2.45) is 5.41 Å². The van der Waals surface area contributed by atoms with Gasteiger partial charge < -0.3 is 5.84 Å². The first kappa shape index (κ1) is 8.04. The van der Waals surface area contributed by atoms with Crippen LogP contribution in [-0.2, 0) is 0 Å². The van der Waals surface area contributed by atoms with Gasteiger partial charge in [0.05, 0.1) is 0 Å². The van der Waals surface area contributed by atoms with Gasteiger partial charge in [0.2, 0.25) is 0 Å². The number of hydrogen-bond donors (Lipinski definition) is 1. The Kier molecular flexibility index (Phi) is 1.52. The van der Waals surface area contributed by atoms with Gasteiger partial charge in [0.1, 0.15) is 11.4 Å². The van der Waals surface area contributed by atoms with E-state index in [1.807, 2.05) is 12.2 Å². The van der Waals surface area contributed by atoms with E-state index in [0.717, 1.165) is 11.4 Å². The third-order valence-corrected chi connectivity index (χ3v) is 2.10. The zero-order valence-corrected chi connectivity index (χ0v) is 7.73. The van der Waals surface area contributed by atoms with Gasteiger partial charge >= 0.3 is 0 Å². The minimum absolute atomic E-state index is 0.0562. The number of aromatic nitrogens is 3. The summed E-state index contributed by atoms with van der Waals surface area (Å²) in [5, 5.41) is 7.66. The Morgan fingerprint density at radius 3 is 2.77 bits per heavy atom. The van der Waals surface area contributed by atoms with Crippen LogP contribution in [-0.4, -0.2) is 15.1 Å². The average Bonchev–Trinajstić information content (AvgIpc) is 2.32. The average molecular weight is 176 g/mol. The van der Waals surface area contributed by atoms with Gasteiger partial charge in [-0.1, -0.05) is 26.0 Å². The molecule has 0 fully saturated rings. The second kappa shape index (κ2) is 2.45. The van der Waals surface area contributed by atoms with E-state index in [9.17, 15) is 0 Å². The lowest BCUT2D eigenvalue weighted by atomic mass is 9.93. The van der Waals surface area contributed by atoms with Crippen LogP contribution in [0, 0.1) is 5.41 Å². The van der Waals surface area contributed by atoms with E-state index in [1.165, 1.54) is 4.79 Å². The molecule has 4 heteroatoms. The number of rotatable bonds is 0. The zero-order valence-electron chi connectivity index (χ0n) is 7.73. The Morgan fingerprint density at radius 2 is 2.00 bits per heavy atom. The summed E-state index contributed by atoms with van der Waals surface area (Å²) in [5.74, 6) is 5.58. The molecule has 0 atom stereocenters. The monoisotopic (exact) mass is 176 g/mol. The predicted octanol–water partition coefficient (Wildman–Crippen LogP) is 1.06. The molecule has 0 spiro atoms. The molecule has 1 aliphatic carbocycles. The quantitative estimate of drug-likeness (QED) is 0.601. The van der Waals surface area contributed by atoms with E-state index < -0.39 is 0 Å². The summed E-state index contributed by atoms with van der Waals surface area (Å²) in [6.45, 7) is 4.25. The molecule has 0 aliphatic heterocycles. The van der Waals surface area contributed by atoms with Crippen LogP contribution in [0.5, 0.6) is 0 Å². The summed E-state index contributed by atoms with van der Waals surface area (Å²) >= 11 is 0. The van der Waals surface area contributed by atoms with Gasteiger partial charge in [-0.05, 0) is 17.4 Å². The molecule has 0 saturated carbocycles. The Balaban J connectivity index is 2.54. The fourth-order valence-electron chi connectivity index (χ4n) is 1.24. The number of hydrogen-bond acceptors (Lipinski definition) is 3. The lowest BCUT2D eigenvalue weighted by Crippen LogP contribution is -2.12. The Hall–Kier alpha value is -1.58. The van der Waals surface area contributed by atoms with Crippen molar-refractivity contribution in [2.75, 3.05) is 5.84 Å². The highest BCUT2D eigenvalue weighted by atomic mass is 15.6. The number of nitrogens with two attached hydrogens (primary N) is 1. The summed E-state index contributed by atoms with van der Waals surface area (Å²) in [6.07, 6.45) is 8.08. The minimum atomic E-state index is 0.0562. The lowest BCUT2D eigenvalue weighted by molar-refractivity contribution is 0.632. The van der Waals surface area contributed by atoms with Crippen molar-refractivity contribution in [3.63, 3.8) is 0 Å². The lowest BCUT2D eigenvalue weighted by Gasteiger charge is -2.11. The summed E-state index contributed by atoms with van der Waals surface area (Å²) < 4.78 is 0. The normalized spacial score (nSPS) is 18.3. The molecule has 4 nitrogen and oxygen atoms in total. The third-order valence-electron chi connectivity index (χ3n) is 2.10. The number of nitrogen functional groups attached to an aromatic ring is 1. The van der Waals surface area contributed by atoms with Crippen LogP contribution < -0.4 is 5.84 Å². The molecule has 2 rings (SSSR count). The second-order valence-corrected chi connectivity index (χ2v) is 3.79. The maximum absolute atomic E-state index is 5.58. The molecule has 1 heterocycles. The SMILES string of the molecule is CC1(C)C=Cc2nnn(N)c2C=C1. The van der Waals surface area contributed by atoms with Crippen molar-refractivity contribution < 1.29 is 0 Å². The van der Waals surface area contributed by atoms with Crippen molar-refractivity contribution >= 4 is 12.2 Å². The zero-order chi connectivity index (χ0) is 9.47. The molecule has 0 bridgehead atoms. The van der Waals surface area contributed by atoms with E-state index in [1.54, 1.807) is 0 Å². The summed E-state index contributed by atoms with van der Waals surface area (Å²) in [7, 11) is 0. The highest BCUT2D eigenvalue weighted by molar-refractivity contribution is 5.63. The van der Waals surface area contributed by atoms with Crippen LogP contribution in [0.3, 0.4) is 0 Å². The maximum atomic E-state index is 5.58. The molecule has 1 aromatic rings. The Morgan fingerprint density at radius 1 is 1.31 bits per heavy atom. The third kappa shape index (κ3) is 1.35. The Bertz CT molecular complexity index is 384. The first-order valence-corrected chi connectivity index (χ1v) is 4.18. The number of nitrogens with zero attached hydrogens (tertiary/aromatic N) is 3. The van der Waals surface area contributed by atoms with Gasteiger partial charge in [0.15, 0.2) is 0 Å². The smallest absolute Gasteiger partial charge is 0.115 e. The topological polar surface area (TPSA) is 56.7 Å². The van der Waals surface area contributed by atoms with Crippen LogP contribution in [0.25, 0.3) is 12.2 Å². The Labute approximate surface area is 76.7 Å². The van der Waals surface area contributed by atoms with E-state index in [-0.39, 0.29) is 5.41 Å². The van der Waals surface area contributed by atoms with Gasteiger partial charge in [0.25, 0.3) is 0 Å². The second-order valence-electron chi connectivity index (χ2n) is 3.79. The molecule has 1 aliphatic rings. The van der Waals surface area contributed by atoms with Gasteiger partial charge in [-0.25, -0.2) is 0 Å². The van der Waals surface area contributed by atoms with Gasteiger partial charge in [-0.2, -0.15) is 4.79 Å². The number of allylic oxidation sites excluding steroid dienone is 2. The van der Waals surface area contributed by atoms with Crippen molar-refractivity contribution in [1.82, 2.24) is 15.1 Å². The predicted molar refractivity (Wildman–Crippen MR) is 52.0 cm³/mol.